The summed E-state index contributed by atoms with van der Waals surface area (Å²) in [4.78, 5) is 19.8. The van der Waals surface area contributed by atoms with E-state index in [-0.39, 0.29) is 12.3 Å². The molecule has 0 unspecified atom stereocenters. The summed E-state index contributed by atoms with van der Waals surface area (Å²) < 4.78 is 1.75. The van der Waals surface area contributed by atoms with Crippen molar-refractivity contribution in [3.05, 3.63) is 101 Å². The fraction of sp³-hybridized carbons (Fsp3) is 0.241. The van der Waals surface area contributed by atoms with Gasteiger partial charge in [0.25, 0.3) is 5.91 Å². The lowest BCUT2D eigenvalue weighted by molar-refractivity contribution is 0.0737. The number of amides is 1. The van der Waals surface area contributed by atoms with Gasteiger partial charge in [-0.25, -0.2) is 4.68 Å². The zero-order chi connectivity index (χ0) is 24.9. The van der Waals surface area contributed by atoms with E-state index in [4.69, 9.17) is 5.10 Å². The standard InChI is InChI=1S/C29H29N5O/c1-20-8-9-22(3)27(15-20)34-28(17-26(32-34)25-11-10-21(2)23(4)16-25)29(35)33(14-6-12-30)19-24-7-5-13-31-18-24/h5,7-11,13,15-18H,6,14,19H2,1-4H3. The summed E-state index contributed by atoms with van der Waals surface area (Å²) in [6, 6.07) is 20.2. The molecule has 2 aromatic carbocycles. The van der Waals surface area contributed by atoms with Crippen molar-refractivity contribution < 1.29 is 4.79 Å². The van der Waals surface area contributed by atoms with E-state index in [2.05, 4.69) is 43.1 Å². The van der Waals surface area contributed by atoms with Crippen LogP contribution in [0.25, 0.3) is 16.9 Å². The highest BCUT2D eigenvalue weighted by Gasteiger charge is 2.24. The normalized spacial score (nSPS) is 10.7. The highest BCUT2D eigenvalue weighted by molar-refractivity contribution is 5.94. The van der Waals surface area contributed by atoms with Crippen LogP contribution in [0, 0.1) is 39.0 Å². The van der Waals surface area contributed by atoms with Crippen molar-refractivity contribution in [1.29, 1.82) is 5.26 Å². The Morgan fingerprint density at radius 1 is 1.00 bits per heavy atom. The van der Waals surface area contributed by atoms with Gasteiger partial charge in [0.2, 0.25) is 0 Å². The number of aromatic nitrogens is 3. The number of carbonyl (C=O) groups excluding carboxylic acids is 1. The number of nitrogens with zero attached hydrogens (tertiary/aromatic N) is 5. The van der Waals surface area contributed by atoms with Crippen LogP contribution >= 0.6 is 0 Å². The van der Waals surface area contributed by atoms with E-state index in [0.29, 0.717) is 18.8 Å². The van der Waals surface area contributed by atoms with E-state index in [0.717, 1.165) is 33.6 Å². The monoisotopic (exact) mass is 463 g/mol. The molecule has 0 saturated heterocycles. The first-order valence-corrected chi connectivity index (χ1v) is 11.7. The highest BCUT2D eigenvalue weighted by atomic mass is 16.2. The number of nitriles is 1. The number of rotatable bonds is 7. The molecular formula is C29H29N5O. The van der Waals surface area contributed by atoms with Crippen LogP contribution in [0.5, 0.6) is 0 Å². The molecule has 0 bridgehead atoms. The first-order chi connectivity index (χ1) is 16.9. The van der Waals surface area contributed by atoms with E-state index in [1.165, 1.54) is 11.1 Å². The van der Waals surface area contributed by atoms with Crippen LogP contribution in [-0.4, -0.2) is 32.1 Å². The molecule has 35 heavy (non-hydrogen) atoms. The minimum Gasteiger partial charge on any atom is -0.332 e. The van der Waals surface area contributed by atoms with Crippen LogP contribution in [0.3, 0.4) is 0 Å². The Hall–Kier alpha value is -4.24. The number of pyridine rings is 1. The molecule has 0 spiro atoms. The third-order valence-electron chi connectivity index (χ3n) is 6.20. The summed E-state index contributed by atoms with van der Waals surface area (Å²) in [7, 11) is 0. The van der Waals surface area contributed by atoms with Gasteiger partial charge < -0.3 is 4.90 Å². The summed E-state index contributed by atoms with van der Waals surface area (Å²) in [5.41, 5.74) is 8.42. The van der Waals surface area contributed by atoms with E-state index >= 15 is 0 Å². The Morgan fingerprint density at radius 3 is 2.51 bits per heavy atom. The van der Waals surface area contributed by atoms with Crippen LogP contribution in [0.1, 0.15) is 44.7 Å². The highest BCUT2D eigenvalue weighted by Crippen LogP contribution is 2.27. The molecule has 0 N–H and O–H groups in total. The van der Waals surface area contributed by atoms with Crippen molar-refractivity contribution >= 4 is 5.91 Å². The maximum atomic E-state index is 13.9. The Kier molecular flexibility index (Phi) is 7.07. The molecule has 0 fully saturated rings. The predicted octanol–water partition coefficient (Wildman–Crippen LogP) is 5.72. The lowest BCUT2D eigenvalue weighted by Gasteiger charge is -2.22. The fourth-order valence-electron chi connectivity index (χ4n) is 4.02. The average molecular weight is 464 g/mol. The molecule has 6 nitrogen and oxygen atoms in total. The number of benzene rings is 2. The Bertz CT molecular complexity index is 1400. The number of hydrogen-bond donors (Lipinski definition) is 0. The number of carbonyl (C=O) groups is 1. The van der Waals surface area contributed by atoms with Gasteiger partial charge in [0.1, 0.15) is 5.69 Å². The van der Waals surface area contributed by atoms with E-state index < -0.39 is 0 Å². The van der Waals surface area contributed by atoms with Gasteiger partial charge in [0, 0.05) is 31.0 Å². The Morgan fingerprint density at radius 2 is 1.80 bits per heavy atom. The summed E-state index contributed by atoms with van der Waals surface area (Å²) in [5, 5.41) is 14.1. The molecule has 0 aliphatic rings. The first kappa shape index (κ1) is 23.9. The van der Waals surface area contributed by atoms with Crippen LogP contribution in [0.2, 0.25) is 0 Å². The maximum absolute atomic E-state index is 13.9. The number of aryl methyl sites for hydroxylation is 4. The minimum absolute atomic E-state index is 0.174. The maximum Gasteiger partial charge on any atom is 0.272 e. The van der Waals surface area contributed by atoms with Gasteiger partial charge in [-0.3, -0.25) is 9.78 Å². The molecular weight excluding hydrogens is 434 g/mol. The average Bonchev–Trinajstić information content (AvgIpc) is 3.30. The molecule has 4 aromatic rings. The second-order valence-electron chi connectivity index (χ2n) is 8.91. The Labute approximate surface area is 206 Å². The summed E-state index contributed by atoms with van der Waals surface area (Å²) in [5.74, 6) is -0.174. The quantitative estimate of drug-likeness (QED) is 0.351. The van der Waals surface area contributed by atoms with Crippen LogP contribution in [0.15, 0.2) is 67.0 Å². The minimum atomic E-state index is -0.174. The topological polar surface area (TPSA) is 74.8 Å². The third kappa shape index (κ3) is 5.30. The molecule has 6 heteroatoms. The van der Waals surface area contributed by atoms with Gasteiger partial charge in [-0.1, -0.05) is 30.3 Å². The zero-order valence-electron chi connectivity index (χ0n) is 20.6. The van der Waals surface area contributed by atoms with E-state index in [1.807, 2.05) is 50.2 Å². The first-order valence-electron chi connectivity index (χ1n) is 11.7. The van der Waals surface area contributed by atoms with Gasteiger partial charge in [-0.15, -0.1) is 0 Å². The van der Waals surface area contributed by atoms with Gasteiger partial charge in [0.05, 0.1) is 23.9 Å². The molecule has 176 valence electrons. The summed E-state index contributed by atoms with van der Waals surface area (Å²) >= 11 is 0. The van der Waals surface area contributed by atoms with Gasteiger partial charge in [-0.05, 0) is 79.8 Å². The van der Waals surface area contributed by atoms with Crippen molar-refractivity contribution in [2.45, 2.75) is 40.7 Å². The van der Waals surface area contributed by atoms with Crippen LogP contribution < -0.4 is 0 Å². The van der Waals surface area contributed by atoms with Crippen molar-refractivity contribution in [3.8, 4) is 23.0 Å². The predicted molar refractivity (Wildman–Crippen MR) is 137 cm³/mol. The van der Waals surface area contributed by atoms with Gasteiger partial charge >= 0.3 is 0 Å². The molecule has 0 aliphatic carbocycles. The SMILES string of the molecule is Cc1ccc(C)c(-n2nc(-c3ccc(C)c(C)c3)cc2C(=O)N(CCC#N)Cc2cccnc2)c1. The lowest BCUT2D eigenvalue weighted by Crippen LogP contribution is -2.33. The van der Waals surface area contributed by atoms with Crippen LogP contribution in [0.4, 0.5) is 0 Å². The van der Waals surface area contributed by atoms with E-state index in [9.17, 15) is 10.1 Å². The Balaban J connectivity index is 1.83. The van der Waals surface area contributed by atoms with Gasteiger partial charge in [-0.2, -0.15) is 10.4 Å². The molecule has 2 aromatic heterocycles. The summed E-state index contributed by atoms with van der Waals surface area (Å²) in [6.07, 6.45) is 3.69. The third-order valence-corrected chi connectivity index (χ3v) is 6.20. The number of hydrogen-bond acceptors (Lipinski definition) is 4. The second-order valence-corrected chi connectivity index (χ2v) is 8.91. The van der Waals surface area contributed by atoms with Crippen molar-refractivity contribution in [2.75, 3.05) is 6.54 Å². The van der Waals surface area contributed by atoms with Crippen molar-refractivity contribution in [2.24, 2.45) is 0 Å². The van der Waals surface area contributed by atoms with E-state index in [1.54, 1.807) is 22.0 Å². The molecule has 1 amide bonds. The fourth-order valence-corrected chi connectivity index (χ4v) is 4.02. The molecule has 0 aliphatic heterocycles. The smallest absolute Gasteiger partial charge is 0.272 e. The second kappa shape index (κ2) is 10.4. The van der Waals surface area contributed by atoms with Crippen LogP contribution in [-0.2, 0) is 6.54 Å². The molecule has 0 radical (unpaired) electrons. The molecule has 4 rings (SSSR count). The van der Waals surface area contributed by atoms with Gasteiger partial charge in [0.15, 0.2) is 0 Å². The molecule has 0 atom stereocenters. The lowest BCUT2D eigenvalue weighted by atomic mass is 10.0. The van der Waals surface area contributed by atoms with Crippen molar-refractivity contribution in [1.82, 2.24) is 19.7 Å². The summed E-state index contributed by atoms with van der Waals surface area (Å²) in [6.45, 7) is 8.88. The van der Waals surface area contributed by atoms with Crippen molar-refractivity contribution in [3.63, 3.8) is 0 Å². The largest absolute Gasteiger partial charge is 0.332 e. The molecule has 2 heterocycles. The zero-order valence-corrected chi connectivity index (χ0v) is 20.6. The molecule has 0 saturated carbocycles.